The lowest BCUT2D eigenvalue weighted by Gasteiger charge is -2.31. The van der Waals surface area contributed by atoms with Crippen LogP contribution >= 0.6 is 0 Å². The van der Waals surface area contributed by atoms with Gasteiger partial charge in [-0.1, -0.05) is 42.5 Å². The average Bonchev–Trinajstić information content (AvgIpc) is 2.79. The van der Waals surface area contributed by atoms with Crippen molar-refractivity contribution in [2.45, 2.75) is 39.3 Å². The summed E-state index contributed by atoms with van der Waals surface area (Å²) in [5.74, 6) is 0.296. The maximum absolute atomic E-state index is 13.8. The van der Waals surface area contributed by atoms with Gasteiger partial charge in [0.05, 0.1) is 12.5 Å². The van der Waals surface area contributed by atoms with Crippen molar-refractivity contribution in [3.63, 3.8) is 0 Å². The van der Waals surface area contributed by atoms with Crippen LogP contribution in [-0.2, 0) is 24.3 Å². The summed E-state index contributed by atoms with van der Waals surface area (Å²) in [6, 6.07) is 15.2. The minimum Gasteiger partial charge on any atom is -0.369 e. The molecule has 2 aromatic carbocycles. The van der Waals surface area contributed by atoms with E-state index in [1.54, 1.807) is 12.1 Å². The lowest BCUT2D eigenvalue weighted by molar-refractivity contribution is -0.123. The maximum atomic E-state index is 13.8. The van der Waals surface area contributed by atoms with Crippen LogP contribution in [0.3, 0.4) is 0 Å². The number of carbonyl (C=O) groups is 1. The molecule has 4 N–H and O–H groups in total. The predicted octanol–water partition coefficient (Wildman–Crippen LogP) is 2.82. The molecule has 0 aliphatic carbocycles. The van der Waals surface area contributed by atoms with Gasteiger partial charge >= 0.3 is 0 Å². The lowest BCUT2D eigenvalue weighted by atomic mass is 9.97. The molecule has 7 heteroatoms. The number of hydrogen-bond donors (Lipinski definition) is 3. The molecule has 2 aromatic rings. The van der Waals surface area contributed by atoms with Crippen molar-refractivity contribution in [2.75, 3.05) is 26.2 Å². The van der Waals surface area contributed by atoms with Crippen LogP contribution in [0.25, 0.3) is 0 Å². The van der Waals surface area contributed by atoms with Gasteiger partial charge in [0.2, 0.25) is 5.91 Å². The van der Waals surface area contributed by atoms with E-state index in [1.807, 2.05) is 19.1 Å². The SMILES string of the molecule is CCNC(=NCc1cccc(CN2CCCC(C(N)=O)C2)c1)NCCc1ccccc1F. The van der Waals surface area contributed by atoms with Gasteiger partial charge in [-0.15, -0.1) is 0 Å². The number of primary amides is 1. The molecule has 6 nitrogen and oxygen atoms in total. The number of nitrogens with two attached hydrogens (primary N) is 1. The van der Waals surface area contributed by atoms with E-state index >= 15 is 0 Å². The molecule has 1 heterocycles. The number of amides is 1. The van der Waals surface area contributed by atoms with Crippen molar-refractivity contribution in [2.24, 2.45) is 16.6 Å². The first kappa shape index (κ1) is 23.7. The van der Waals surface area contributed by atoms with E-state index in [4.69, 9.17) is 5.73 Å². The van der Waals surface area contributed by atoms with Crippen LogP contribution in [-0.4, -0.2) is 42.9 Å². The zero-order valence-corrected chi connectivity index (χ0v) is 18.8. The molecular formula is C25H34FN5O. The van der Waals surface area contributed by atoms with Crippen molar-refractivity contribution in [3.8, 4) is 0 Å². The molecule has 172 valence electrons. The highest BCUT2D eigenvalue weighted by Gasteiger charge is 2.23. The number of aliphatic imine (C=N–C) groups is 1. The van der Waals surface area contributed by atoms with Gasteiger partial charge in [0.15, 0.2) is 5.96 Å². The van der Waals surface area contributed by atoms with Gasteiger partial charge in [0.1, 0.15) is 5.82 Å². The van der Waals surface area contributed by atoms with E-state index in [2.05, 4.69) is 38.7 Å². The molecule has 1 saturated heterocycles. The van der Waals surface area contributed by atoms with Crippen LogP contribution in [0.2, 0.25) is 0 Å². The van der Waals surface area contributed by atoms with Crippen molar-refractivity contribution >= 4 is 11.9 Å². The van der Waals surface area contributed by atoms with Crippen LogP contribution in [0, 0.1) is 11.7 Å². The first-order chi connectivity index (χ1) is 15.5. The first-order valence-corrected chi connectivity index (χ1v) is 11.4. The van der Waals surface area contributed by atoms with Crippen LogP contribution in [0.1, 0.15) is 36.5 Å². The largest absolute Gasteiger partial charge is 0.369 e. The normalized spacial score (nSPS) is 17.2. The molecule has 3 rings (SSSR count). The molecule has 1 aliphatic rings. The third-order valence-electron chi connectivity index (χ3n) is 5.71. The van der Waals surface area contributed by atoms with E-state index < -0.39 is 0 Å². The smallest absolute Gasteiger partial charge is 0.221 e. The zero-order valence-electron chi connectivity index (χ0n) is 18.8. The molecule has 1 aliphatic heterocycles. The van der Waals surface area contributed by atoms with Crippen LogP contribution in [0.15, 0.2) is 53.5 Å². The number of likely N-dealkylation sites (tertiary alicyclic amines) is 1. The van der Waals surface area contributed by atoms with Gasteiger partial charge in [-0.05, 0) is 55.5 Å². The third kappa shape index (κ3) is 7.34. The number of benzene rings is 2. The van der Waals surface area contributed by atoms with Gasteiger partial charge in [-0.3, -0.25) is 9.69 Å². The monoisotopic (exact) mass is 439 g/mol. The second-order valence-electron chi connectivity index (χ2n) is 8.26. The Morgan fingerprint density at radius 1 is 1.19 bits per heavy atom. The Labute approximate surface area is 190 Å². The van der Waals surface area contributed by atoms with E-state index in [-0.39, 0.29) is 17.6 Å². The highest BCUT2D eigenvalue weighted by molar-refractivity contribution is 5.79. The summed E-state index contributed by atoms with van der Waals surface area (Å²) in [4.78, 5) is 18.5. The second kappa shape index (κ2) is 12.2. The highest BCUT2D eigenvalue weighted by atomic mass is 19.1. The summed E-state index contributed by atoms with van der Waals surface area (Å²) in [5.41, 5.74) is 8.53. The van der Waals surface area contributed by atoms with Crippen LogP contribution in [0.4, 0.5) is 4.39 Å². The van der Waals surface area contributed by atoms with Gasteiger partial charge in [0, 0.05) is 26.2 Å². The summed E-state index contributed by atoms with van der Waals surface area (Å²) in [5, 5.41) is 6.53. The van der Waals surface area contributed by atoms with E-state index in [1.165, 1.54) is 11.6 Å². The fraction of sp³-hybridized carbons (Fsp3) is 0.440. The summed E-state index contributed by atoms with van der Waals surface area (Å²) < 4.78 is 13.8. The Morgan fingerprint density at radius 3 is 2.78 bits per heavy atom. The highest BCUT2D eigenvalue weighted by Crippen LogP contribution is 2.19. The predicted molar refractivity (Wildman–Crippen MR) is 127 cm³/mol. The molecule has 1 amide bonds. The molecule has 0 saturated carbocycles. The summed E-state index contributed by atoms with van der Waals surface area (Å²) >= 11 is 0. The summed E-state index contributed by atoms with van der Waals surface area (Å²) in [6.07, 6.45) is 2.48. The molecule has 0 spiro atoms. The topological polar surface area (TPSA) is 82.8 Å². The van der Waals surface area contributed by atoms with E-state index in [9.17, 15) is 9.18 Å². The summed E-state index contributed by atoms with van der Waals surface area (Å²) in [7, 11) is 0. The fourth-order valence-electron chi connectivity index (χ4n) is 4.04. The van der Waals surface area contributed by atoms with Crippen molar-refractivity contribution in [1.29, 1.82) is 0 Å². The average molecular weight is 440 g/mol. The molecule has 32 heavy (non-hydrogen) atoms. The third-order valence-corrected chi connectivity index (χ3v) is 5.71. The standard InChI is InChI=1S/C25H34FN5O/c1-2-28-25(29-13-12-21-9-3-4-11-23(21)26)30-16-19-7-5-8-20(15-19)17-31-14-6-10-22(18-31)24(27)32/h3-5,7-9,11,15,22H,2,6,10,12-14,16-18H2,1H3,(H2,27,32)(H2,28,29,30). The molecule has 1 fully saturated rings. The number of carbonyl (C=O) groups excluding carboxylic acids is 1. The molecular weight excluding hydrogens is 405 g/mol. The number of guanidine groups is 1. The number of piperidine rings is 1. The number of halogens is 1. The molecule has 1 atom stereocenters. The lowest BCUT2D eigenvalue weighted by Crippen LogP contribution is -2.40. The second-order valence-corrected chi connectivity index (χ2v) is 8.26. The Morgan fingerprint density at radius 2 is 2.00 bits per heavy atom. The van der Waals surface area contributed by atoms with Crippen molar-refractivity contribution in [3.05, 3.63) is 71.0 Å². The van der Waals surface area contributed by atoms with Crippen LogP contribution < -0.4 is 16.4 Å². The Bertz CT molecular complexity index is 917. The van der Waals surface area contributed by atoms with E-state index in [0.29, 0.717) is 25.1 Å². The fourth-order valence-corrected chi connectivity index (χ4v) is 4.04. The quantitative estimate of drug-likeness (QED) is 0.415. The number of nitrogens with one attached hydrogen (secondary N) is 2. The Kier molecular flexibility index (Phi) is 9.04. The summed E-state index contributed by atoms with van der Waals surface area (Å²) in [6.45, 7) is 6.45. The number of rotatable bonds is 9. The molecule has 0 bridgehead atoms. The minimum atomic E-state index is -0.198. The van der Waals surface area contributed by atoms with Crippen molar-refractivity contribution < 1.29 is 9.18 Å². The van der Waals surface area contributed by atoms with Gasteiger partial charge < -0.3 is 16.4 Å². The zero-order chi connectivity index (χ0) is 22.8. The number of nitrogens with zero attached hydrogens (tertiary/aromatic N) is 2. The van der Waals surface area contributed by atoms with Gasteiger partial charge in [-0.2, -0.15) is 0 Å². The van der Waals surface area contributed by atoms with Crippen molar-refractivity contribution in [1.82, 2.24) is 15.5 Å². The molecule has 0 radical (unpaired) electrons. The Balaban J connectivity index is 1.55. The van der Waals surface area contributed by atoms with Crippen LogP contribution in [0.5, 0.6) is 0 Å². The van der Waals surface area contributed by atoms with Gasteiger partial charge in [0.25, 0.3) is 0 Å². The van der Waals surface area contributed by atoms with Gasteiger partial charge in [-0.25, -0.2) is 9.38 Å². The molecule has 0 aromatic heterocycles. The molecule has 1 unspecified atom stereocenters. The maximum Gasteiger partial charge on any atom is 0.221 e. The Hall–Kier alpha value is -2.93. The van der Waals surface area contributed by atoms with E-state index in [0.717, 1.165) is 50.5 Å². The minimum absolute atomic E-state index is 0.0466. The number of hydrogen-bond acceptors (Lipinski definition) is 3. The first-order valence-electron chi connectivity index (χ1n) is 11.4.